The first-order valence-corrected chi connectivity index (χ1v) is 31.1. The largest absolute Gasteiger partial charge is 0.462 e. The van der Waals surface area contributed by atoms with Crippen molar-refractivity contribution in [3.8, 4) is 0 Å². The molecule has 1 atom stereocenters. The normalized spacial score (nSPS) is 12.6. The molecule has 6 heteroatoms. The Hall–Kier alpha value is -3.41. The summed E-state index contributed by atoms with van der Waals surface area (Å²) in [5.74, 6) is -0.982. The van der Waals surface area contributed by atoms with Crippen LogP contribution in [0.4, 0.5) is 0 Å². The van der Waals surface area contributed by atoms with Gasteiger partial charge < -0.3 is 14.2 Å². The fourth-order valence-electron chi connectivity index (χ4n) is 8.69. The zero-order chi connectivity index (χ0) is 52.9. The van der Waals surface area contributed by atoms with Gasteiger partial charge in [0.1, 0.15) is 13.2 Å². The average molecular weight is 1020 g/mol. The highest BCUT2D eigenvalue weighted by Crippen LogP contribution is 2.16. The molecule has 0 radical (unpaired) electrons. The lowest BCUT2D eigenvalue weighted by Crippen LogP contribution is -2.30. The Morgan fingerprint density at radius 1 is 0.274 bits per heavy atom. The van der Waals surface area contributed by atoms with Crippen molar-refractivity contribution in [2.75, 3.05) is 13.2 Å². The zero-order valence-corrected chi connectivity index (χ0v) is 48.1. The third kappa shape index (κ3) is 59.3. The minimum atomic E-state index is -0.810. The number of hydrogen-bond donors (Lipinski definition) is 0. The number of unbranched alkanes of at least 4 members (excludes halogenated alkanes) is 31. The molecule has 0 aliphatic carbocycles. The topological polar surface area (TPSA) is 78.9 Å². The Balaban J connectivity index is 4.48. The molecular weight excluding hydrogens is 901 g/mol. The molecule has 0 aromatic rings. The summed E-state index contributed by atoms with van der Waals surface area (Å²) >= 11 is 0. The second-order valence-electron chi connectivity index (χ2n) is 20.6. The van der Waals surface area contributed by atoms with Crippen molar-refractivity contribution in [2.24, 2.45) is 0 Å². The molecule has 0 rings (SSSR count). The Labute approximate surface area is 452 Å². The molecule has 0 unspecified atom stereocenters. The predicted molar refractivity (Wildman–Crippen MR) is 316 cm³/mol. The molecule has 0 aromatic heterocycles. The van der Waals surface area contributed by atoms with Crippen molar-refractivity contribution in [1.82, 2.24) is 0 Å². The summed E-state index contributed by atoms with van der Waals surface area (Å²) < 4.78 is 16.8. The Morgan fingerprint density at radius 3 is 0.877 bits per heavy atom. The van der Waals surface area contributed by atoms with E-state index in [0.29, 0.717) is 19.3 Å². The van der Waals surface area contributed by atoms with Crippen LogP contribution in [0, 0.1) is 0 Å². The van der Waals surface area contributed by atoms with Crippen molar-refractivity contribution < 1.29 is 28.6 Å². The molecule has 0 aromatic carbocycles. The lowest BCUT2D eigenvalue weighted by Gasteiger charge is -2.18. The van der Waals surface area contributed by atoms with Crippen LogP contribution in [0.1, 0.15) is 303 Å². The fourth-order valence-corrected chi connectivity index (χ4v) is 8.69. The Bertz CT molecular complexity index is 1400. The maximum atomic E-state index is 12.9. The first kappa shape index (κ1) is 69.6. The van der Waals surface area contributed by atoms with E-state index in [4.69, 9.17) is 14.2 Å². The van der Waals surface area contributed by atoms with E-state index in [1.807, 2.05) is 6.08 Å². The molecule has 0 N–H and O–H groups in total. The fraction of sp³-hybridized carbons (Fsp3) is 0.746. The molecule has 0 fully saturated rings. The lowest BCUT2D eigenvalue weighted by molar-refractivity contribution is -0.166. The molecule has 0 bridgehead atoms. The maximum Gasteiger partial charge on any atom is 0.306 e. The van der Waals surface area contributed by atoms with Crippen molar-refractivity contribution >= 4 is 17.9 Å². The van der Waals surface area contributed by atoms with Crippen LogP contribution in [-0.2, 0) is 28.6 Å². The Morgan fingerprint density at radius 2 is 0.521 bits per heavy atom. The second-order valence-corrected chi connectivity index (χ2v) is 20.6. The molecule has 0 saturated carbocycles. The average Bonchev–Trinajstić information content (AvgIpc) is 3.39. The van der Waals surface area contributed by atoms with Gasteiger partial charge in [-0.25, -0.2) is 0 Å². The van der Waals surface area contributed by atoms with Crippen LogP contribution in [-0.4, -0.2) is 37.2 Å². The van der Waals surface area contributed by atoms with E-state index in [-0.39, 0.29) is 37.5 Å². The quantitative estimate of drug-likeness (QED) is 0.0261. The molecule has 73 heavy (non-hydrogen) atoms. The van der Waals surface area contributed by atoms with E-state index >= 15 is 0 Å². The van der Waals surface area contributed by atoms with Gasteiger partial charge in [-0.05, 0) is 89.9 Å². The molecule has 0 amide bonds. The van der Waals surface area contributed by atoms with E-state index in [9.17, 15) is 14.4 Å². The van der Waals surface area contributed by atoms with Crippen LogP contribution >= 0.6 is 0 Å². The highest BCUT2D eigenvalue weighted by atomic mass is 16.6. The van der Waals surface area contributed by atoms with Gasteiger partial charge in [0, 0.05) is 19.3 Å². The number of carbonyl (C=O) groups excluding carboxylic acids is 3. The summed E-state index contributed by atoms with van der Waals surface area (Å²) in [5.41, 5.74) is 0. The third-order valence-electron chi connectivity index (χ3n) is 13.4. The summed E-state index contributed by atoms with van der Waals surface area (Å²) in [4.78, 5) is 38.2. The monoisotopic (exact) mass is 1020 g/mol. The van der Waals surface area contributed by atoms with Crippen molar-refractivity contribution in [2.45, 2.75) is 309 Å². The van der Waals surface area contributed by atoms with Gasteiger partial charge >= 0.3 is 17.9 Å². The summed E-state index contributed by atoms with van der Waals surface area (Å²) in [7, 11) is 0. The summed E-state index contributed by atoms with van der Waals surface area (Å²) in [6, 6.07) is 0. The zero-order valence-electron chi connectivity index (χ0n) is 48.1. The number of rotatable bonds is 56. The number of carbonyl (C=O) groups is 3. The van der Waals surface area contributed by atoms with Crippen molar-refractivity contribution in [3.63, 3.8) is 0 Å². The van der Waals surface area contributed by atoms with Crippen molar-refractivity contribution in [1.29, 1.82) is 0 Å². The van der Waals surface area contributed by atoms with Gasteiger partial charge in [-0.15, -0.1) is 0 Å². The standard InChI is InChI=1S/C67H116O6/c1-4-7-10-13-16-19-22-25-28-31-33-36-39-42-45-48-51-54-57-60-66(69)72-63-64(62-71-65(68)59-56-53-50-47-44-41-38-35-30-27-24-21-18-15-12-9-6-3)73-67(70)61-58-55-52-49-46-43-40-37-34-32-29-26-23-20-17-14-11-8-5-2/h16,18-19,21,25,27-28,30,33,36,42,45,51,54,64H,4-15,17,20,22-24,26,29,31-32,34-35,37-41,43-44,46-50,52-53,55-63H2,1-3H3/b19-16-,21-18-,28-25-,30-27-,36-33-,45-42-,54-51-/t64-/m0/s1. The number of allylic oxidation sites excluding steroid dienone is 14. The van der Waals surface area contributed by atoms with Gasteiger partial charge in [-0.1, -0.05) is 279 Å². The lowest BCUT2D eigenvalue weighted by atomic mass is 10.0. The first-order chi connectivity index (χ1) is 36.0. The van der Waals surface area contributed by atoms with Crippen LogP contribution in [0.15, 0.2) is 85.1 Å². The van der Waals surface area contributed by atoms with E-state index in [1.165, 1.54) is 180 Å². The van der Waals surface area contributed by atoms with Crippen LogP contribution in [0.5, 0.6) is 0 Å². The first-order valence-electron chi connectivity index (χ1n) is 31.1. The summed E-state index contributed by atoms with van der Waals surface area (Å²) in [5, 5.41) is 0. The van der Waals surface area contributed by atoms with E-state index in [1.54, 1.807) is 0 Å². The van der Waals surface area contributed by atoms with Gasteiger partial charge in [0.05, 0.1) is 0 Å². The molecular formula is C67H116O6. The number of ether oxygens (including phenoxy) is 3. The predicted octanol–water partition coefficient (Wildman–Crippen LogP) is 21.1. The van der Waals surface area contributed by atoms with Gasteiger partial charge in [-0.2, -0.15) is 0 Å². The molecule has 0 spiro atoms. The minimum Gasteiger partial charge on any atom is -0.462 e. The smallest absolute Gasteiger partial charge is 0.306 e. The molecule has 0 saturated heterocycles. The van der Waals surface area contributed by atoms with Gasteiger partial charge in [0.25, 0.3) is 0 Å². The molecule has 420 valence electrons. The van der Waals surface area contributed by atoms with Crippen LogP contribution in [0.25, 0.3) is 0 Å². The SMILES string of the molecule is CCCCC/C=C\C/C=C\C/C=C\C/C=C\C/C=C\CCC(=O)OC[C@H](COC(=O)CCCCCCCCC/C=C\C/C=C\CCCCC)OC(=O)CCCCCCCCCCCCCCCCCCCCC. The van der Waals surface area contributed by atoms with E-state index in [2.05, 4.69) is 99.8 Å². The Kier molecular flexibility index (Phi) is 58.3. The number of hydrogen-bond acceptors (Lipinski definition) is 6. The van der Waals surface area contributed by atoms with Crippen molar-refractivity contribution in [3.05, 3.63) is 85.1 Å². The number of esters is 3. The molecule has 0 aliphatic rings. The highest BCUT2D eigenvalue weighted by Gasteiger charge is 2.19. The van der Waals surface area contributed by atoms with Crippen LogP contribution in [0.2, 0.25) is 0 Å². The molecule has 0 aliphatic heterocycles. The summed E-state index contributed by atoms with van der Waals surface area (Å²) in [6.07, 6.45) is 80.2. The van der Waals surface area contributed by atoms with Crippen LogP contribution in [0.3, 0.4) is 0 Å². The van der Waals surface area contributed by atoms with Crippen LogP contribution < -0.4 is 0 Å². The van der Waals surface area contributed by atoms with Gasteiger partial charge in [-0.3, -0.25) is 14.4 Å². The highest BCUT2D eigenvalue weighted by molar-refractivity contribution is 5.71. The summed E-state index contributed by atoms with van der Waals surface area (Å²) in [6.45, 7) is 6.55. The van der Waals surface area contributed by atoms with E-state index < -0.39 is 6.10 Å². The van der Waals surface area contributed by atoms with Gasteiger partial charge in [0.15, 0.2) is 6.10 Å². The maximum absolute atomic E-state index is 12.9. The third-order valence-corrected chi connectivity index (χ3v) is 13.4. The minimum absolute atomic E-state index is 0.101. The van der Waals surface area contributed by atoms with E-state index in [0.717, 1.165) is 77.0 Å². The van der Waals surface area contributed by atoms with Gasteiger partial charge in [0.2, 0.25) is 0 Å². The molecule has 6 nitrogen and oxygen atoms in total. The second kappa shape index (κ2) is 61.1. The molecule has 0 heterocycles.